The fraction of sp³-hybridized carbons (Fsp3) is 0.471. The lowest BCUT2D eigenvalue weighted by atomic mass is 10.0. The molecule has 120 valence electrons. The molecule has 0 bridgehead atoms. The van der Waals surface area contributed by atoms with Crippen LogP contribution in [0.3, 0.4) is 0 Å². The molecule has 1 heterocycles. The van der Waals surface area contributed by atoms with Crippen molar-refractivity contribution in [3.8, 4) is 5.75 Å². The zero-order valence-electron chi connectivity index (χ0n) is 13.7. The number of esters is 1. The molecule has 0 saturated heterocycles. The van der Waals surface area contributed by atoms with E-state index in [0.717, 1.165) is 35.0 Å². The van der Waals surface area contributed by atoms with Gasteiger partial charge >= 0.3 is 5.97 Å². The number of phenols is 1. The van der Waals surface area contributed by atoms with E-state index in [1.54, 1.807) is 13.0 Å². The number of carbonyl (C=O) groups is 1. The number of aromatic nitrogens is 1. The Kier molecular flexibility index (Phi) is 5.08. The van der Waals surface area contributed by atoms with Crippen molar-refractivity contribution in [1.29, 1.82) is 0 Å². The second-order valence-corrected chi connectivity index (χ2v) is 5.67. The Morgan fingerprint density at radius 2 is 2.05 bits per heavy atom. The van der Waals surface area contributed by atoms with Crippen molar-refractivity contribution in [3.63, 3.8) is 0 Å². The van der Waals surface area contributed by atoms with E-state index in [9.17, 15) is 9.90 Å². The van der Waals surface area contributed by atoms with E-state index in [1.807, 2.05) is 25.1 Å². The monoisotopic (exact) mass is 304 g/mol. The molecule has 0 aliphatic rings. The third-order valence-electron chi connectivity index (χ3n) is 3.58. The van der Waals surface area contributed by atoms with Gasteiger partial charge in [-0.25, -0.2) is 4.79 Å². The van der Waals surface area contributed by atoms with E-state index in [4.69, 9.17) is 4.74 Å². The van der Waals surface area contributed by atoms with Crippen molar-refractivity contribution in [2.75, 3.05) is 20.7 Å². The Labute approximate surface area is 130 Å². The number of hydrogen-bond donors (Lipinski definition) is 2. The molecule has 2 rings (SSSR count). The number of nitrogens with one attached hydrogen (secondary N) is 1. The van der Waals surface area contributed by atoms with Crippen molar-refractivity contribution in [2.24, 2.45) is 0 Å². The Morgan fingerprint density at radius 3 is 2.64 bits per heavy atom. The van der Waals surface area contributed by atoms with Gasteiger partial charge in [0.25, 0.3) is 0 Å². The molecule has 0 amide bonds. The third-order valence-corrected chi connectivity index (χ3v) is 3.58. The lowest BCUT2D eigenvalue weighted by Crippen LogP contribution is -2.13. The molecule has 0 aliphatic carbocycles. The number of nitrogens with zero attached hydrogens (tertiary/aromatic N) is 1. The first-order valence-electron chi connectivity index (χ1n) is 7.66. The van der Waals surface area contributed by atoms with Gasteiger partial charge in [0.05, 0.1) is 12.2 Å². The predicted molar refractivity (Wildman–Crippen MR) is 87.3 cm³/mol. The number of aromatic hydroxyl groups is 1. The van der Waals surface area contributed by atoms with E-state index in [1.165, 1.54) is 0 Å². The van der Waals surface area contributed by atoms with E-state index >= 15 is 0 Å². The van der Waals surface area contributed by atoms with Gasteiger partial charge in [0.15, 0.2) is 0 Å². The number of aryl methyl sites for hydroxylation is 1. The van der Waals surface area contributed by atoms with Crippen LogP contribution < -0.4 is 0 Å². The van der Waals surface area contributed by atoms with Crippen LogP contribution in [0.15, 0.2) is 12.1 Å². The zero-order chi connectivity index (χ0) is 16.3. The number of benzene rings is 1. The lowest BCUT2D eigenvalue weighted by molar-refractivity contribution is 0.0527. The number of aromatic amines is 1. The van der Waals surface area contributed by atoms with Crippen LogP contribution in [0.5, 0.6) is 5.75 Å². The Morgan fingerprint density at radius 1 is 1.32 bits per heavy atom. The van der Waals surface area contributed by atoms with Crippen LogP contribution in [-0.4, -0.2) is 41.7 Å². The van der Waals surface area contributed by atoms with Crippen LogP contribution in [0.1, 0.15) is 41.9 Å². The summed E-state index contributed by atoms with van der Waals surface area (Å²) in [7, 11) is 3.86. The molecule has 0 radical (unpaired) electrons. The number of fused-ring (bicyclic) bond motifs is 1. The first-order chi connectivity index (χ1) is 10.5. The summed E-state index contributed by atoms with van der Waals surface area (Å²) in [6, 6.07) is 3.48. The highest BCUT2D eigenvalue weighted by atomic mass is 16.5. The maximum Gasteiger partial charge on any atom is 0.340 e. The van der Waals surface area contributed by atoms with Gasteiger partial charge in [-0.15, -0.1) is 0 Å². The van der Waals surface area contributed by atoms with Crippen LogP contribution in [0.2, 0.25) is 0 Å². The molecule has 22 heavy (non-hydrogen) atoms. The molecule has 5 nitrogen and oxygen atoms in total. The van der Waals surface area contributed by atoms with Gasteiger partial charge < -0.3 is 19.7 Å². The molecule has 1 aromatic carbocycles. The number of ether oxygens (including phenoxy) is 1. The van der Waals surface area contributed by atoms with Crippen molar-refractivity contribution < 1.29 is 14.6 Å². The van der Waals surface area contributed by atoms with E-state index in [-0.39, 0.29) is 11.7 Å². The second kappa shape index (κ2) is 6.83. The number of hydrogen-bond acceptors (Lipinski definition) is 4. The van der Waals surface area contributed by atoms with Crippen molar-refractivity contribution in [3.05, 3.63) is 29.0 Å². The molecule has 0 atom stereocenters. The molecule has 2 N–H and O–H groups in total. The van der Waals surface area contributed by atoms with Crippen LogP contribution in [0, 0.1) is 0 Å². The summed E-state index contributed by atoms with van der Waals surface area (Å²) >= 11 is 0. The summed E-state index contributed by atoms with van der Waals surface area (Å²) in [6.45, 7) is 4.75. The molecule has 5 heteroatoms. The van der Waals surface area contributed by atoms with Gasteiger partial charge in [-0.2, -0.15) is 0 Å². The Balaban J connectivity index is 2.72. The van der Waals surface area contributed by atoms with Gasteiger partial charge in [-0.1, -0.05) is 13.3 Å². The maximum absolute atomic E-state index is 12.4. The summed E-state index contributed by atoms with van der Waals surface area (Å²) in [6.07, 6.45) is 1.69. The van der Waals surface area contributed by atoms with Gasteiger partial charge in [0.1, 0.15) is 5.75 Å². The molecule has 0 spiro atoms. The first kappa shape index (κ1) is 16.4. The molecular weight excluding hydrogens is 280 g/mol. The highest BCUT2D eigenvalue weighted by Gasteiger charge is 2.23. The number of carbonyl (C=O) groups excluding carboxylic acids is 1. The molecule has 0 saturated carbocycles. The molecule has 1 aromatic heterocycles. The lowest BCUT2D eigenvalue weighted by Gasteiger charge is -2.13. The summed E-state index contributed by atoms with van der Waals surface area (Å²) in [4.78, 5) is 17.7. The zero-order valence-corrected chi connectivity index (χ0v) is 13.7. The summed E-state index contributed by atoms with van der Waals surface area (Å²) in [5.41, 5.74) is 3.05. The van der Waals surface area contributed by atoms with Crippen LogP contribution in [0.4, 0.5) is 0 Å². The van der Waals surface area contributed by atoms with Gasteiger partial charge in [0, 0.05) is 28.7 Å². The number of phenolic OH excluding ortho intramolecular Hbond substituents is 1. The van der Waals surface area contributed by atoms with Crippen LogP contribution in [-0.2, 0) is 17.7 Å². The van der Waals surface area contributed by atoms with Gasteiger partial charge in [-0.3, -0.25) is 0 Å². The second-order valence-electron chi connectivity index (χ2n) is 5.67. The quantitative estimate of drug-likeness (QED) is 0.805. The first-order valence-corrected chi connectivity index (χ1v) is 7.66. The maximum atomic E-state index is 12.4. The number of H-pyrrole nitrogens is 1. The summed E-state index contributed by atoms with van der Waals surface area (Å²) in [5.74, 6) is -0.128. The highest BCUT2D eigenvalue weighted by Crippen LogP contribution is 2.33. The van der Waals surface area contributed by atoms with Crippen molar-refractivity contribution in [1.82, 2.24) is 9.88 Å². The minimum absolute atomic E-state index is 0.203. The van der Waals surface area contributed by atoms with Crippen LogP contribution >= 0.6 is 0 Å². The van der Waals surface area contributed by atoms with Crippen LogP contribution in [0.25, 0.3) is 10.9 Å². The van der Waals surface area contributed by atoms with Crippen molar-refractivity contribution in [2.45, 2.75) is 33.2 Å². The fourth-order valence-electron chi connectivity index (χ4n) is 2.74. The summed E-state index contributed by atoms with van der Waals surface area (Å²) in [5, 5.41) is 11.0. The Bertz CT molecular complexity index is 674. The molecule has 0 aliphatic heterocycles. The highest BCUT2D eigenvalue weighted by molar-refractivity contribution is 6.07. The minimum atomic E-state index is -0.331. The van der Waals surface area contributed by atoms with E-state index < -0.39 is 0 Å². The normalized spacial score (nSPS) is 11.3. The minimum Gasteiger partial charge on any atom is -0.508 e. The number of rotatable bonds is 6. The summed E-state index contributed by atoms with van der Waals surface area (Å²) < 4.78 is 5.23. The van der Waals surface area contributed by atoms with Crippen molar-refractivity contribution >= 4 is 16.9 Å². The third kappa shape index (κ3) is 3.09. The topological polar surface area (TPSA) is 65.6 Å². The van der Waals surface area contributed by atoms with E-state index in [2.05, 4.69) is 11.9 Å². The van der Waals surface area contributed by atoms with Gasteiger partial charge in [0.2, 0.25) is 0 Å². The largest absolute Gasteiger partial charge is 0.508 e. The smallest absolute Gasteiger partial charge is 0.340 e. The molecule has 0 fully saturated rings. The van der Waals surface area contributed by atoms with E-state index in [0.29, 0.717) is 18.7 Å². The average molecular weight is 304 g/mol. The molecule has 0 unspecified atom stereocenters. The average Bonchev–Trinajstić information content (AvgIpc) is 2.81. The standard InChI is InChI=1S/C17H24N2O3/c1-5-7-12-16(17(21)22-6-2)15-11(10-19(3)4)14(20)9-8-13(15)18-12/h8-9,18,20H,5-7,10H2,1-4H3. The predicted octanol–water partition coefficient (Wildman–Crippen LogP) is 3.06. The molecular formula is C17H24N2O3. The molecule has 2 aromatic rings. The fourth-order valence-corrected chi connectivity index (χ4v) is 2.74. The van der Waals surface area contributed by atoms with Gasteiger partial charge in [-0.05, 0) is 39.6 Å². The Hall–Kier alpha value is -2.01. The SMILES string of the molecule is CCCc1[nH]c2ccc(O)c(CN(C)C)c2c1C(=O)OCC.